The zero-order valence-electron chi connectivity index (χ0n) is 35.1. The first kappa shape index (κ1) is 48.1. The summed E-state index contributed by atoms with van der Waals surface area (Å²) in [5.74, 6) is 0.161. The Bertz CT molecular complexity index is 2830. The van der Waals surface area contributed by atoms with Crippen LogP contribution in [-0.4, -0.2) is 121 Å². The van der Waals surface area contributed by atoms with Crippen molar-refractivity contribution >= 4 is 65.3 Å². The van der Waals surface area contributed by atoms with Gasteiger partial charge in [0.2, 0.25) is 0 Å². The lowest BCUT2D eigenvalue weighted by atomic mass is 10.1. The molecule has 29 nitrogen and oxygen atoms in total. The van der Waals surface area contributed by atoms with Gasteiger partial charge in [-0.15, -0.1) is 0 Å². The summed E-state index contributed by atoms with van der Waals surface area (Å²) in [6, 6.07) is 18.4. The summed E-state index contributed by atoms with van der Waals surface area (Å²) in [4.78, 5) is 66.5. The van der Waals surface area contributed by atoms with Gasteiger partial charge in [-0.2, -0.15) is 12.9 Å². The SMILES string of the molecule is Nc1ncnc2c1ncn2[C@@H]1O[C@H](COP(=O)(O)OP(=O)(O)OP(=O)(O)OP(=O)(O)OC[C@H]2O[C@@H](n3cnc4c(N)ncnc43)[C@H]3OC(Cc4ccccc4)O[C@H]32)[C@H]2OC(Cc3ccccc3)O[C@H]21. The van der Waals surface area contributed by atoms with Gasteiger partial charge in [0, 0.05) is 12.8 Å². The lowest BCUT2D eigenvalue weighted by molar-refractivity contribution is -0.149. The van der Waals surface area contributed by atoms with Crippen molar-refractivity contribution in [1.29, 1.82) is 0 Å². The van der Waals surface area contributed by atoms with E-state index in [2.05, 4.69) is 42.8 Å². The number of nitrogens with two attached hydrogens (primary N) is 2. The summed E-state index contributed by atoms with van der Waals surface area (Å²) < 4.78 is 114. The number of hydrogen-bond donors (Lipinski definition) is 6. The van der Waals surface area contributed by atoms with Crippen LogP contribution in [0, 0.1) is 0 Å². The molecule has 14 atom stereocenters. The van der Waals surface area contributed by atoms with Crippen molar-refractivity contribution in [3.63, 3.8) is 0 Å². The smallest absolute Gasteiger partial charge is 0.382 e. The standard InChI is InChI=1S/C36H40N10O19P4/c37-31-25-33(41-15-39-31)45(17-43-25)35-29-27(59-23(61-29)11-19-7-3-1-4-8-19)21(57-35)13-55-66(47,48)63-68(51,52)65-69(53,54)64-67(49,50)56-14-22-28-30(62-24(60-28)12-20-9-5-2-6-10-20)36(58-22)46-18-44-26-32(38)40-16-42-34(26)46/h1-10,15-18,21-24,27-30,35-36H,11-14H2,(H,47,48)(H,49,50)(H,51,52)(H,53,54)(H2,37,39,41)(H2,38,40,42)/t21-,22-,23?,24?,27-,28+,29-,30+,35-,36-/m1/s1. The number of nitrogens with zero attached hydrogens (tertiary/aromatic N) is 8. The van der Waals surface area contributed by atoms with Crippen LogP contribution in [0.3, 0.4) is 0 Å². The minimum Gasteiger partial charge on any atom is -0.382 e. The molecular formula is C36H40N10O19P4. The molecule has 8 N–H and O–H groups in total. The third-order valence-corrected chi connectivity index (χ3v) is 16.9. The van der Waals surface area contributed by atoms with Crippen molar-refractivity contribution in [3.8, 4) is 0 Å². The highest BCUT2D eigenvalue weighted by molar-refractivity contribution is 7.69. The van der Waals surface area contributed by atoms with Gasteiger partial charge < -0.3 is 59.5 Å². The van der Waals surface area contributed by atoms with E-state index in [1.807, 2.05) is 60.7 Å². The number of benzene rings is 2. The van der Waals surface area contributed by atoms with Crippen LogP contribution in [0.5, 0.6) is 0 Å². The summed E-state index contributed by atoms with van der Waals surface area (Å²) in [6.07, 6.45) is -4.23. The van der Waals surface area contributed by atoms with Crippen molar-refractivity contribution in [2.45, 2.75) is 74.5 Å². The van der Waals surface area contributed by atoms with Gasteiger partial charge in [-0.05, 0) is 11.1 Å². The van der Waals surface area contributed by atoms with Crippen LogP contribution in [0.4, 0.5) is 11.6 Å². The fourth-order valence-corrected chi connectivity index (χ4v) is 13.2. The second kappa shape index (κ2) is 18.9. The van der Waals surface area contributed by atoms with Crippen molar-refractivity contribution in [3.05, 3.63) is 97.1 Å². The van der Waals surface area contributed by atoms with E-state index in [9.17, 15) is 37.8 Å². The molecule has 33 heteroatoms. The molecule has 0 saturated carbocycles. The molecule has 2 aromatic carbocycles. The fraction of sp³-hybridized carbons (Fsp3) is 0.389. The van der Waals surface area contributed by atoms with Crippen LogP contribution in [0.15, 0.2) is 86.0 Å². The Labute approximate surface area is 388 Å². The Balaban J connectivity index is 0.773. The first-order chi connectivity index (χ1) is 32.9. The van der Waals surface area contributed by atoms with E-state index in [1.165, 1.54) is 34.4 Å². The molecule has 0 amide bonds. The molecule has 6 unspecified atom stereocenters. The number of phosphoric ester groups is 2. The van der Waals surface area contributed by atoms with Crippen LogP contribution in [-0.2, 0) is 81.5 Å². The predicted octanol–water partition coefficient (Wildman–Crippen LogP) is 2.82. The van der Waals surface area contributed by atoms with E-state index in [4.69, 9.17) is 48.9 Å². The van der Waals surface area contributed by atoms with Gasteiger partial charge in [-0.25, -0.2) is 48.2 Å². The van der Waals surface area contributed by atoms with Gasteiger partial charge in [-0.1, -0.05) is 60.7 Å². The summed E-state index contributed by atoms with van der Waals surface area (Å²) in [7, 11) is -23.8. The van der Waals surface area contributed by atoms with E-state index >= 15 is 0 Å². The number of anilines is 2. The highest BCUT2D eigenvalue weighted by Gasteiger charge is 2.56. The van der Waals surface area contributed by atoms with Gasteiger partial charge in [0.25, 0.3) is 0 Å². The third kappa shape index (κ3) is 10.4. The summed E-state index contributed by atoms with van der Waals surface area (Å²) >= 11 is 0. The quantitative estimate of drug-likeness (QED) is 0.0674. The molecular weight excluding hydrogens is 1000 g/mol. The molecule has 4 saturated heterocycles. The third-order valence-electron chi connectivity index (χ3n) is 11.0. The van der Waals surface area contributed by atoms with Crippen LogP contribution in [0.1, 0.15) is 23.6 Å². The number of imidazole rings is 2. The first-order valence-corrected chi connectivity index (χ1v) is 26.5. The molecule has 4 aromatic heterocycles. The van der Waals surface area contributed by atoms with Gasteiger partial charge in [0.05, 0.1) is 25.9 Å². The lowest BCUT2D eigenvalue weighted by Crippen LogP contribution is -2.31. The molecule has 4 fully saturated rings. The molecule has 0 aliphatic carbocycles. The van der Waals surface area contributed by atoms with E-state index in [0.29, 0.717) is 12.8 Å². The molecule has 4 aliphatic heterocycles. The van der Waals surface area contributed by atoms with Gasteiger partial charge in [0.1, 0.15) is 60.3 Å². The Hall–Kier alpha value is -4.54. The Morgan fingerprint density at radius 2 is 0.884 bits per heavy atom. The molecule has 0 bridgehead atoms. The van der Waals surface area contributed by atoms with Crippen LogP contribution >= 0.6 is 31.3 Å². The van der Waals surface area contributed by atoms with E-state index in [-0.39, 0.29) is 34.0 Å². The Morgan fingerprint density at radius 3 is 1.29 bits per heavy atom. The number of rotatable bonds is 18. The normalized spacial score (nSPS) is 30.1. The first-order valence-electron chi connectivity index (χ1n) is 20.5. The maximum Gasteiger partial charge on any atom is 0.490 e. The fourth-order valence-electron chi connectivity index (χ4n) is 8.24. The average Bonchev–Trinajstić information content (AvgIpc) is 4.14. The molecule has 0 spiro atoms. The number of ether oxygens (including phenoxy) is 6. The molecule has 69 heavy (non-hydrogen) atoms. The van der Waals surface area contributed by atoms with Crippen molar-refractivity contribution in [2.24, 2.45) is 0 Å². The van der Waals surface area contributed by atoms with Crippen LogP contribution < -0.4 is 11.5 Å². The summed E-state index contributed by atoms with van der Waals surface area (Å²) in [6.45, 7) is -1.73. The lowest BCUT2D eigenvalue weighted by Gasteiger charge is -2.23. The number of aromatic nitrogens is 8. The molecule has 10 rings (SSSR count). The monoisotopic (exact) mass is 1040 g/mol. The van der Waals surface area contributed by atoms with E-state index < -0.39 is 106 Å². The Morgan fingerprint density at radius 1 is 0.507 bits per heavy atom. The molecule has 4 aliphatic rings. The number of fused-ring (bicyclic) bond motifs is 4. The van der Waals surface area contributed by atoms with Crippen molar-refractivity contribution in [1.82, 2.24) is 39.0 Å². The number of phosphoric acid groups is 4. The average molecular weight is 1040 g/mol. The topological polar surface area (TPSA) is 390 Å². The van der Waals surface area contributed by atoms with Gasteiger partial charge >= 0.3 is 31.3 Å². The second-order valence-electron chi connectivity index (χ2n) is 15.6. The molecule has 368 valence electrons. The highest BCUT2D eigenvalue weighted by atomic mass is 31.3. The molecule has 8 heterocycles. The minimum atomic E-state index is -6.18. The zero-order valence-corrected chi connectivity index (χ0v) is 38.7. The van der Waals surface area contributed by atoms with Crippen molar-refractivity contribution < 1.29 is 88.2 Å². The van der Waals surface area contributed by atoms with Crippen molar-refractivity contribution in [2.75, 3.05) is 24.7 Å². The Kier molecular flexibility index (Phi) is 13.2. The summed E-state index contributed by atoms with van der Waals surface area (Å²) in [5.41, 5.74) is 14.7. The largest absolute Gasteiger partial charge is 0.490 e. The van der Waals surface area contributed by atoms with E-state index in [1.54, 1.807) is 0 Å². The second-order valence-corrected chi connectivity index (χ2v) is 21.9. The maximum atomic E-state index is 13.1. The highest BCUT2D eigenvalue weighted by Crippen LogP contribution is 2.71. The van der Waals surface area contributed by atoms with Crippen LogP contribution in [0.2, 0.25) is 0 Å². The van der Waals surface area contributed by atoms with Gasteiger partial charge in [0.15, 0.2) is 48.0 Å². The molecule has 6 aromatic rings. The van der Waals surface area contributed by atoms with E-state index in [0.717, 1.165) is 11.1 Å². The molecule has 0 radical (unpaired) electrons. The predicted molar refractivity (Wildman–Crippen MR) is 229 cm³/mol. The zero-order chi connectivity index (χ0) is 48.3. The van der Waals surface area contributed by atoms with Crippen LogP contribution in [0.25, 0.3) is 22.3 Å². The van der Waals surface area contributed by atoms with Gasteiger partial charge in [-0.3, -0.25) is 18.2 Å². The number of nitrogen functional groups attached to an aromatic ring is 2. The minimum absolute atomic E-state index is 0.0803. The maximum absolute atomic E-state index is 13.1. The summed E-state index contributed by atoms with van der Waals surface area (Å²) in [5, 5.41) is 0. The number of hydrogen-bond acceptors (Lipinski definition) is 23.